The predicted molar refractivity (Wildman–Crippen MR) is 106 cm³/mol. The number of hydrogen-bond donors (Lipinski definition) is 2. The van der Waals surface area contributed by atoms with Crippen molar-refractivity contribution >= 4 is 34.8 Å². The fraction of sp³-hybridized carbons (Fsp3) is 0.300. The minimum absolute atomic E-state index is 0.0331. The molecule has 1 fully saturated rings. The van der Waals surface area contributed by atoms with Crippen LogP contribution in [0.3, 0.4) is 0 Å². The second-order valence-electron chi connectivity index (χ2n) is 6.61. The van der Waals surface area contributed by atoms with Crippen molar-refractivity contribution in [1.82, 2.24) is 14.8 Å². The molecule has 0 unspecified atom stereocenters. The fourth-order valence-corrected chi connectivity index (χ4v) is 2.99. The van der Waals surface area contributed by atoms with E-state index >= 15 is 0 Å². The molecule has 0 aliphatic carbocycles. The molecule has 2 aromatic rings. The zero-order valence-corrected chi connectivity index (χ0v) is 15.9. The number of benzene rings is 1. The first kappa shape index (κ1) is 19.3. The summed E-state index contributed by atoms with van der Waals surface area (Å²) < 4.78 is 0. The van der Waals surface area contributed by atoms with Gasteiger partial charge in [-0.2, -0.15) is 0 Å². The highest BCUT2D eigenvalue weighted by Crippen LogP contribution is 2.19. The zero-order chi connectivity index (χ0) is 20.1. The van der Waals surface area contributed by atoms with E-state index in [0.29, 0.717) is 31.9 Å². The summed E-state index contributed by atoms with van der Waals surface area (Å²) in [6.07, 6.45) is 1.61. The summed E-state index contributed by atoms with van der Waals surface area (Å²) in [5.41, 5.74) is 2.70. The lowest BCUT2D eigenvalue weighted by atomic mass is 10.2. The van der Waals surface area contributed by atoms with Crippen molar-refractivity contribution in [2.24, 2.45) is 0 Å². The Morgan fingerprint density at radius 2 is 1.39 bits per heavy atom. The van der Waals surface area contributed by atoms with E-state index in [4.69, 9.17) is 0 Å². The van der Waals surface area contributed by atoms with Gasteiger partial charge in [0.25, 0.3) is 5.91 Å². The second-order valence-corrected chi connectivity index (χ2v) is 6.61. The van der Waals surface area contributed by atoms with E-state index in [1.54, 1.807) is 40.3 Å². The highest BCUT2D eigenvalue weighted by atomic mass is 16.2. The molecule has 0 radical (unpaired) electrons. The number of nitrogens with zero attached hydrogens (tertiary/aromatic N) is 3. The Balaban J connectivity index is 1.58. The van der Waals surface area contributed by atoms with Gasteiger partial charge >= 0.3 is 0 Å². The van der Waals surface area contributed by atoms with Gasteiger partial charge in [-0.05, 0) is 36.4 Å². The Morgan fingerprint density at radius 1 is 0.821 bits per heavy atom. The first-order valence-electron chi connectivity index (χ1n) is 9.08. The predicted octanol–water partition coefficient (Wildman–Crippen LogP) is 2.09. The molecule has 8 nitrogen and oxygen atoms in total. The largest absolute Gasteiger partial charge is 0.354 e. The minimum Gasteiger partial charge on any atom is -0.354 e. The molecule has 3 rings (SSSR count). The molecule has 0 saturated carbocycles. The van der Waals surface area contributed by atoms with Crippen LogP contribution in [0.4, 0.5) is 17.1 Å². The van der Waals surface area contributed by atoms with Crippen LogP contribution in [0.5, 0.6) is 0 Å². The van der Waals surface area contributed by atoms with Gasteiger partial charge in [-0.25, -0.2) is 4.98 Å². The summed E-state index contributed by atoms with van der Waals surface area (Å²) >= 11 is 0. The molecule has 8 heteroatoms. The van der Waals surface area contributed by atoms with Gasteiger partial charge in [0, 0.05) is 51.4 Å². The smallest absolute Gasteiger partial charge is 0.272 e. The van der Waals surface area contributed by atoms with Gasteiger partial charge in [0.15, 0.2) is 0 Å². The summed E-state index contributed by atoms with van der Waals surface area (Å²) in [4.78, 5) is 42.7. The zero-order valence-electron chi connectivity index (χ0n) is 15.9. The number of rotatable bonds is 4. The lowest BCUT2D eigenvalue weighted by Gasteiger charge is -2.34. The molecule has 146 valence electrons. The lowest BCUT2D eigenvalue weighted by molar-refractivity contribution is -0.130. The molecule has 28 heavy (non-hydrogen) atoms. The van der Waals surface area contributed by atoms with Crippen molar-refractivity contribution in [2.45, 2.75) is 13.8 Å². The van der Waals surface area contributed by atoms with Gasteiger partial charge in [0.2, 0.25) is 11.8 Å². The van der Waals surface area contributed by atoms with Crippen molar-refractivity contribution in [3.05, 3.63) is 48.3 Å². The first-order chi connectivity index (χ1) is 13.4. The van der Waals surface area contributed by atoms with Crippen LogP contribution in [0.25, 0.3) is 0 Å². The number of carbonyl (C=O) groups excluding carboxylic acids is 3. The van der Waals surface area contributed by atoms with Crippen molar-refractivity contribution in [2.75, 3.05) is 36.8 Å². The molecule has 1 aliphatic rings. The summed E-state index contributed by atoms with van der Waals surface area (Å²) in [7, 11) is 0. The Hall–Kier alpha value is -3.42. The second kappa shape index (κ2) is 8.51. The van der Waals surface area contributed by atoms with Crippen LogP contribution < -0.4 is 10.6 Å². The summed E-state index contributed by atoms with van der Waals surface area (Å²) in [5.74, 6) is -0.215. The van der Waals surface area contributed by atoms with Gasteiger partial charge < -0.3 is 20.4 Å². The van der Waals surface area contributed by atoms with Crippen LogP contribution in [-0.2, 0) is 9.59 Å². The standard InChI is InChI=1S/C20H23N5O3/c1-14(26)22-16-3-5-17(6-4-16)23-18-7-8-19(21-13-18)20(28)25-11-9-24(10-12-25)15(2)27/h3-8,13,23H,9-12H2,1-2H3,(H,22,26). The molecule has 3 amide bonds. The lowest BCUT2D eigenvalue weighted by Crippen LogP contribution is -2.50. The number of nitrogens with one attached hydrogen (secondary N) is 2. The van der Waals surface area contributed by atoms with Crippen LogP contribution in [-0.4, -0.2) is 58.7 Å². The van der Waals surface area contributed by atoms with E-state index in [2.05, 4.69) is 15.6 Å². The Bertz CT molecular complexity index is 856. The van der Waals surface area contributed by atoms with Crippen LogP contribution >= 0.6 is 0 Å². The van der Waals surface area contributed by atoms with Crippen molar-refractivity contribution < 1.29 is 14.4 Å². The quantitative estimate of drug-likeness (QED) is 0.846. The van der Waals surface area contributed by atoms with Gasteiger partial charge in [-0.15, -0.1) is 0 Å². The van der Waals surface area contributed by atoms with Crippen LogP contribution in [0.1, 0.15) is 24.3 Å². The van der Waals surface area contributed by atoms with Gasteiger partial charge in [0.05, 0.1) is 11.9 Å². The number of aromatic nitrogens is 1. The molecule has 1 saturated heterocycles. The van der Waals surface area contributed by atoms with Crippen LogP contribution in [0.2, 0.25) is 0 Å². The molecular weight excluding hydrogens is 358 g/mol. The number of amides is 3. The maximum atomic E-state index is 12.6. The number of piperazine rings is 1. The Labute approximate surface area is 163 Å². The third-order valence-corrected chi connectivity index (χ3v) is 4.49. The van der Waals surface area contributed by atoms with Crippen LogP contribution in [0, 0.1) is 0 Å². The van der Waals surface area contributed by atoms with Crippen molar-refractivity contribution in [3.8, 4) is 0 Å². The highest BCUT2D eigenvalue weighted by molar-refractivity contribution is 5.93. The third kappa shape index (κ3) is 4.85. The molecule has 0 bridgehead atoms. The molecule has 0 spiro atoms. The first-order valence-corrected chi connectivity index (χ1v) is 9.08. The van der Waals surface area contributed by atoms with Gasteiger partial charge in [-0.3, -0.25) is 14.4 Å². The maximum absolute atomic E-state index is 12.6. The minimum atomic E-state index is -0.130. The topological polar surface area (TPSA) is 94.6 Å². The summed E-state index contributed by atoms with van der Waals surface area (Å²) in [5, 5.41) is 5.92. The van der Waals surface area contributed by atoms with E-state index in [9.17, 15) is 14.4 Å². The molecule has 2 heterocycles. The molecule has 0 atom stereocenters. The molecule has 1 aromatic heterocycles. The average molecular weight is 381 g/mol. The Kier molecular flexibility index (Phi) is 5.88. The number of anilines is 3. The van der Waals surface area contributed by atoms with E-state index in [0.717, 1.165) is 17.1 Å². The van der Waals surface area contributed by atoms with E-state index in [1.807, 2.05) is 12.1 Å². The number of carbonyl (C=O) groups is 3. The van der Waals surface area contributed by atoms with Gasteiger partial charge in [0.1, 0.15) is 5.69 Å². The van der Waals surface area contributed by atoms with Crippen molar-refractivity contribution in [3.63, 3.8) is 0 Å². The van der Waals surface area contributed by atoms with E-state index in [-0.39, 0.29) is 17.7 Å². The van der Waals surface area contributed by atoms with Crippen LogP contribution in [0.15, 0.2) is 42.6 Å². The number of hydrogen-bond acceptors (Lipinski definition) is 5. The van der Waals surface area contributed by atoms with Crippen molar-refractivity contribution in [1.29, 1.82) is 0 Å². The maximum Gasteiger partial charge on any atom is 0.272 e. The molecular formula is C20H23N5O3. The highest BCUT2D eigenvalue weighted by Gasteiger charge is 2.23. The third-order valence-electron chi connectivity index (χ3n) is 4.49. The fourth-order valence-electron chi connectivity index (χ4n) is 2.99. The molecule has 2 N–H and O–H groups in total. The monoisotopic (exact) mass is 381 g/mol. The van der Waals surface area contributed by atoms with E-state index in [1.165, 1.54) is 13.8 Å². The van der Waals surface area contributed by atoms with Gasteiger partial charge in [-0.1, -0.05) is 0 Å². The van der Waals surface area contributed by atoms with E-state index < -0.39 is 0 Å². The number of pyridine rings is 1. The summed E-state index contributed by atoms with van der Waals surface area (Å²) in [6.45, 7) is 5.13. The Morgan fingerprint density at radius 3 is 1.93 bits per heavy atom. The molecule has 1 aromatic carbocycles. The normalized spacial score (nSPS) is 13.8. The SMILES string of the molecule is CC(=O)Nc1ccc(Nc2ccc(C(=O)N3CCN(C(C)=O)CC3)nc2)cc1. The molecule has 1 aliphatic heterocycles. The summed E-state index contributed by atoms with van der Waals surface area (Å²) in [6, 6.07) is 10.8. The average Bonchev–Trinajstić information content (AvgIpc) is 2.69.